The maximum absolute atomic E-state index is 14.1. The molecule has 0 aliphatic carbocycles. The number of pyridine rings is 1. The Morgan fingerprint density at radius 3 is 2.70 bits per heavy atom. The van der Waals surface area contributed by atoms with E-state index in [4.69, 9.17) is 0 Å². The first-order valence-corrected chi connectivity index (χ1v) is 9.40. The lowest BCUT2D eigenvalue weighted by Gasteiger charge is -2.19. The standard InChI is InChI=1S/C19H19FN4O2S/c1-3-4-11-24(18(26)14-7-5-6-8-15(14)20)19-22-21-17(27-19)13-9-10-16(25)23(2)12-13/h5-10,12H,3-4,11H2,1-2H3. The van der Waals surface area contributed by atoms with Crippen LogP contribution in [0.2, 0.25) is 0 Å². The molecule has 6 nitrogen and oxygen atoms in total. The number of nitrogens with zero attached hydrogens (tertiary/aromatic N) is 4. The van der Waals surface area contributed by atoms with Crippen LogP contribution in [0.5, 0.6) is 0 Å². The molecule has 8 heteroatoms. The van der Waals surface area contributed by atoms with Crippen LogP contribution in [0.15, 0.2) is 47.4 Å². The Morgan fingerprint density at radius 2 is 2.00 bits per heavy atom. The van der Waals surface area contributed by atoms with Crippen molar-refractivity contribution in [3.8, 4) is 10.6 Å². The minimum Gasteiger partial charge on any atom is -0.318 e. The third kappa shape index (κ3) is 4.11. The van der Waals surface area contributed by atoms with Gasteiger partial charge in [0.25, 0.3) is 5.91 Å². The Hall–Kier alpha value is -2.87. The van der Waals surface area contributed by atoms with Gasteiger partial charge in [0.2, 0.25) is 10.7 Å². The summed E-state index contributed by atoms with van der Waals surface area (Å²) in [5.74, 6) is -1.00. The van der Waals surface area contributed by atoms with Gasteiger partial charge in [-0.05, 0) is 24.6 Å². The first-order valence-electron chi connectivity index (χ1n) is 8.58. The van der Waals surface area contributed by atoms with Gasteiger partial charge in [0, 0.05) is 31.4 Å². The highest BCUT2D eigenvalue weighted by atomic mass is 32.1. The summed E-state index contributed by atoms with van der Waals surface area (Å²) in [6.07, 6.45) is 3.31. The van der Waals surface area contributed by atoms with E-state index in [0.717, 1.165) is 18.4 Å². The molecule has 0 radical (unpaired) electrons. The van der Waals surface area contributed by atoms with Gasteiger partial charge in [-0.1, -0.05) is 36.8 Å². The molecule has 0 saturated carbocycles. The van der Waals surface area contributed by atoms with Gasteiger partial charge in [-0.25, -0.2) is 4.39 Å². The maximum Gasteiger partial charge on any atom is 0.263 e. The Bertz CT molecular complexity index is 1010. The number of carbonyl (C=O) groups is 1. The molecule has 0 fully saturated rings. The van der Waals surface area contributed by atoms with E-state index in [0.29, 0.717) is 16.7 Å². The average Bonchev–Trinajstić information content (AvgIpc) is 3.14. The van der Waals surface area contributed by atoms with Crippen LogP contribution in [-0.2, 0) is 7.05 Å². The van der Waals surface area contributed by atoms with Crippen LogP contribution in [0.25, 0.3) is 10.6 Å². The van der Waals surface area contributed by atoms with Crippen LogP contribution in [0, 0.1) is 5.82 Å². The third-order valence-electron chi connectivity index (χ3n) is 4.06. The summed E-state index contributed by atoms with van der Waals surface area (Å²) in [7, 11) is 1.66. The molecule has 1 amide bonds. The molecule has 0 aliphatic heterocycles. The molecular formula is C19H19FN4O2S. The second kappa shape index (κ2) is 8.22. The van der Waals surface area contributed by atoms with E-state index in [1.165, 1.54) is 39.0 Å². The van der Waals surface area contributed by atoms with E-state index < -0.39 is 11.7 Å². The zero-order chi connectivity index (χ0) is 19.4. The summed E-state index contributed by atoms with van der Waals surface area (Å²) in [6.45, 7) is 2.44. The van der Waals surface area contributed by atoms with Gasteiger partial charge < -0.3 is 4.57 Å². The van der Waals surface area contributed by atoms with E-state index in [-0.39, 0.29) is 11.1 Å². The molecule has 3 rings (SSSR count). The highest BCUT2D eigenvalue weighted by molar-refractivity contribution is 7.18. The number of rotatable bonds is 6. The van der Waals surface area contributed by atoms with Crippen molar-refractivity contribution >= 4 is 22.4 Å². The molecule has 0 saturated heterocycles. The molecule has 1 aromatic carbocycles. The number of anilines is 1. The summed E-state index contributed by atoms with van der Waals surface area (Å²) < 4.78 is 15.5. The molecule has 0 atom stereocenters. The number of aromatic nitrogens is 3. The summed E-state index contributed by atoms with van der Waals surface area (Å²) in [5, 5.41) is 9.28. The van der Waals surface area contributed by atoms with Crippen LogP contribution in [0.1, 0.15) is 30.1 Å². The number of benzene rings is 1. The van der Waals surface area contributed by atoms with Gasteiger partial charge in [0.1, 0.15) is 5.82 Å². The van der Waals surface area contributed by atoms with Crippen LogP contribution < -0.4 is 10.5 Å². The Balaban J connectivity index is 1.95. The number of hydrogen-bond donors (Lipinski definition) is 0. The van der Waals surface area contributed by atoms with Crippen molar-refractivity contribution in [1.29, 1.82) is 0 Å². The maximum atomic E-state index is 14.1. The Morgan fingerprint density at radius 1 is 1.22 bits per heavy atom. The minimum absolute atomic E-state index is 0.00691. The van der Waals surface area contributed by atoms with Crippen molar-refractivity contribution in [2.75, 3.05) is 11.4 Å². The van der Waals surface area contributed by atoms with Crippen molar-refractivity contribution in [2.45, 2.75) is 19.8 Å². The smallest absolute Gasteiger partial charge is 0.263 e. The second-order valence-electron chi connectivity index (χ2n) is 6.05. The Kier molecular flexibility index (Phi) is 5.75. The van der Waals surface area contributed by atoms with Crippen LogP contribution >= 0.6 is 11.3 Å². The van der Waals surface area contributed by atoms with Crippen molar-refractivity contribution in [1.82, 2.24) is 14.8 Å². The monoisotopic (exact) mass is 386 g/mol. The van der Waals surface area contributed by atoms with Crippen LogP contribution in [0.4, 0.5) is 9.52 Å². The molecule has 3 aromatic rings. The SMILES string of the molecule is CCCCN(C(=O)c1ccccc1F)c1nnc(-c2ccc(=O)n(C)c2)s1. The van der Waals surface area contributed by atoms with Gasteiger partial charge >= 0.3 is 0 Å². The number of aryl methyl sites for hydroxylation is 1. The molecule has 2 heterocycles. The van der Waals surface area contributed by atoms with E-state index in [9.17, 15) is 14.0 Å². The predicted octanol–water partition coefficient (Wildman–Crippen LogP) is 3.49. The number of unbranched alkanes of at least 4 members (excludes halogenated alkanes) is 1. The second-order valence-corrected chi connectivity index (χ2v) is 7.00. The number of carbonyl (C=O) groups excluding carboxylic acids is 1. The quantitative estimate of drug-likeness (QED) is 0.650. The lowest BCUT2D eigenvalue weighted by Crippen LogP contribution is -2.32. The fourth-order valence-electron chi connectivity index (χ4n) is 2.54. The molecule has 0 aliphatic rings. The van der Waals surface area contributed by atoms with E-state index in [1.807, 2.05) is 6.92 Å². The van der Waals surface area contributed by atoms with Gasteiger partial charge in [-0.15, -0.1) is 10.2 Å². The van der Waals surface area contributed by atoms with E-state index in [1.54, 1.807) is 31.4 Å². The lowest BCUT2D eigenvalue weighted by molar-refractivity contribution is 0.0982. The third-order valence-corrected chi connectivity index (χ3v) is 5.06. The van der Waals surface area contributed by atoms with Crippen molar-refractivity contribution in [2.24, 2.45) is 7.05 Å². The summed E-state index contributed by atoms with van der Waals surface area (Å²) in [4.78, 5) is 25.9. The molecule has 0 N–H and O–H groups in total. The molecule has 27 heavy (non-hydrogen) atoms. The van der Waals surface area contributed by atoms with Crippen molar-refractivity contribution in [3.63, 3.8) is 0 Å². The summed E-state index contributed by atoms with van der Waals surface area (Å²) >= 11 is 1.23. The van der Waals surface area contributed by atoms with Gasteiger partial charge in [0.05, 0.1) is 5.56 Å². The van der Waals surface area contributed by atoms with E-state index in [2.05, 4.69) is 10.2 Å². The van der Waals surface area contributed by atoms with Crippen molar-refractivity contribution in [3.05, 3.63) is 64.3 Å². The number of halogens is 1. The molecule has 0 unspecified atom stereocenters. The Labute approximate surface area is 159 Å². The predicted molar refractivity (Wildman–Crippen MR) is 104 cm³/mol. The van der Waals surface area contributed by atoms with Gasteiger partial charge in [0.15, 0.2) is 5.01 Å². The topological polar surface area (TPSA) is 68.1 Å². The number of amides is 1. The average molecular weight is 386 g/mol. The first kappa shape index (κ1) is 18.9. The fraction of sp³-hybridized carbons (Fsp3) is 0.263. The van der Waals surface area contributed by atoms with E-state index >= 15 is 0 Å². The first-order chi connectivity index (χ1) is 13.0. The van der Waals surface area contributed by atoms with Gasteiger partial charge in [-0.2, -0.15) is 0 Å². The number of hydrogen-bond acceptors (Lipinski definition) is 5. The van der Waals surface area contributed by atoms with Crippen LogP contribution in [-0.4, -0.2) is 27.2 Å². The summed E-state index contributed by atoms with van der Waals surface area (Å²) in [6, 6.07) is 9.03. The molecule has 0 spiro atoms. The lowest BCUT2D eigenvalue weighted by atomic mass is 10.2. The largest absolute Gasteiger partial charge is 0.318 e. The molecule has 140 valence electrons. The summed E-state index contributed by atoms with van der Waals surface area (Å²) in [5.41, 5.74) is 0.616. The zero-order valence-corrected chi connectivity index (χ0v) is 15.9. The fourth-order valence-corrected chi connectivity index (χ4v) is 3.40. The van der Waals surface area contributed by atoms with Crippen molar-refractivity contribution < 1.29 is 9.18 Å². The highest BCUT2D eigenvalue weighted by Crippen LogP contribution is 2.29. The normalized spacial score (nSPS) is 10.8. The van der Waals surface area contributed by atoms with Gasteiger partial charge in [-0.3, -0.25) is 14.5 Å². The zero-order valence-electron chi connectivity index (χ0n) is 15.1. The highest BCUT2D eigenvalue weighted by Gasteiger charge is 2.23. The minimum atomic E-state index is -0.563. The molecule has 2 aromatic heterocycles. The van der Waals surface area contributed by atoms with Crippen LogP contribution in [0.3, 0.4) is 0 Å². The molecular weight excluding hydrogens is 367 g/mol. The molecule has 0 bridgehead atoms.